The maximum atomic E-state index is 11.4. The second kappa shape index (κ2) is 4.48. The van der Waals surface area contributed by atoms with Crippen LogP contribution >= 0.6 is 0 Å². The Bertz CT molecular complexity index is 156. The molecular formula is C10H19NO. The van der Waals surface area contributed by atoms with Crippen LogP contribution in [-0.2, 0) is 4.79 Å². The third-order valence-electron chi connectivity index (χ3n) is 2.67. The van der Waals surface area contributed by atoms with Crippen LogP contribution < -0.4 is 0 Å². The van der Waals surface area contributed by atoms with Gasteiger partial charge in [-0.25, -0.2) is 0 Å². The van der Waals surface area contributed by atoms with Gasteiger partial charge in [-0.15, -0.1) is 0 Å². The van der Waals surface area contributed by atoms with Crippen molar-refractivity contribution in [2.75, 3.05) is 13.1 Å². The zero-order valence-electron chi connectivity index (χ0n) is 8.18. The molecule has 1 aliphatic rings. The number of amides is 1. The maximum Gasteiger partial charge on any atom is 0.222 e. The summed E-state index contributed by atoms with van der Waals surface area (Å²) < 4.78 is 0. The first kappa shape index (κ1) is 9.56. The highest BCUT2D eigenvalue weighted by Crippen LogP contribution is 2.16. The van der Waals surface area contributed by atoms with Gasteiger partial charge in [0.25, 0.3) is 0 Å². The highest BCUT2D eigenvalue weighted by atomic mass is 16.2. The summed E-state index contributed by atoms with van der Waals surface area (Å²) in [7, 11) is 0. The van der Waals surface area contributed by atoms with Gasteiger partial charge < -0.3 is 4.90 Å². The zero-order valence-corrected chi connectivity index (χ0v) is 8.18. The Hall–Kier alpha value is -0.530. The van der Waals surface area contributed by atoms with Crippen molar-refractivity contribution in [3.63, 3.8) is 0 Å². The molecule has 1 saturated heterocycles. The van der Waals surface area contributed by atoms with Crippen LogP contribution in [0, 0.1) is 5.92 Å². The fourth-order valence-corrected chi connectivity index (χ4v) is 1.74. The summed E-state index contributed by atoms with van der Waals surface area (Å²) in [5.74, 6) is 1.13. The summed E-state index contributed by atoms with van der Waals surface area (Å²) in [5, 5.41) is 0. The summed E-state index contributed by atoms with van der Waals surface area (Å²) >= 11 is 0. The predicted molar refractivity (Wildman–Crippen MR) is 49.9 cm³/mol. The molecule has 0 aromatic heterocycles. The van der Waals surface area contributed by atoms with Crippen LogP contribution in [0.25, 0.3) is 0 Å². The monoisotopic (exact) mass is 169 g/mol. The minimum Gasteiger partial charge on any atom is -0.343 e. The molecule has 70 valence electrons. The molecule has 12 heavy (non-hydrogen) atoms. The molecule has 0 aromatic rings. The number of nitrogens with zero attached hydrogens (tertiary/aromatic N) is 1. The molecule has 1 rings (SSSR count). The molecule has 1 fully saturated rings. The lowest BCUT2D eigenvalue weighted by Gasteiger charge is -2.19. The second-order valence-electron chi connectivity index (χ2n) is 3.77. The van der Waals surface area contributed by atoms with Gasteiger partial charge in [0.1, 0.15) is 0 Å². The molecule has 0 saturated carbocycles. The van der Waals surface area contributed by atoms with Gasteiger partial charge in [0.15, 0.2) is 0 Å². The van der Waals surface area contributed by atoms with Crippen LogP contribution in [0.4, 0.5) is 0 Å². The highest BCUT2D eigenvalue weighted by molar-refractivity contribution is 5.75. The molecule has 1 atom stereocenters. The quantitative estimate of drug-likeness (QED) is 0.588. The lowest BCUT2D eigenvalue weighted by molar-refractivity contribution is -0.130. The summed E-state index contributed by atoms with van der Waals surface area (Å²) in [6, 6.07) is 0. The van der Waals surface area contributed by atoms with E-state index in [9.17, 15) is 4.79 Å². The van der Waals surface area contributed by atoms with Crippen molar-refractivity contribution in [3.05, 3.63) is 0 Å². The van der Waals surface area contributed by atoms with Gasteiger partial charge in [-0.2, -0.15) is 0 Å². The van der Waals surface area contributed by atoms with Gasteiger partial charge in [-0.3, -0.25) is 4.79 Å². The molecular weight excluding hydrogens is 150 g/mol. The van der Waals surface area contributed by atoms with Gasteiger partial charge in [0, 0.05) is 19.5 Å². The number of carbonyl (C=O) groups excluding carboxylic acids is 1. The van der Waals surface area contributed by atoms with Crippen LogP contribution in [0.3, 0.4) is 0 Å². The lowest BCUT2D eigenvalue weighted by Crippen LogP contribution is -2.31. The van der Waals surface area contributed by atoms with E-state index >= 15 is 0 Å². The van der Waals surface area contributed by atoms with Crippen molar-refractivity contribution < 1.29 is 4.79 Å². The smallest absolute Gasteiger partial charge is 0.222 e. The molecule has 0 spiro atoms. The second-order valence-corrected chi connectivity index (χ2v) is 3.77. The van der Waals surface area contributed by atoms with Crippen LogP contribution in [0.1, 0.15) is 39.5 Å². The van der Waals surface area contributed by atoms with Crippen molar-refractivity contribution in [2.24, 2.45) is 5.92 Å². The average Bonchev–Trinajstić information content (AvgIpc) is 2.29. The number of rotatable bonds is 1. The van der Waals surface area contributed by atoms with E-state index in [0.29, 0.717) is 12.3 Å². The zero-order chi connectivity index (χ0) is 8.97. The van der Waals surface area contributed by atoms with Gasteiger partial charge in [-0.1, -0.05) is 13.8 Å². The van der Waals surface area contributed by atoms with Crippen molar-refractivity contribution >= 4 is 5.91 Å². The predicted octanol–water partition coefficient (Wildman–Crippen LogP) is 2.04. The first-order valence-corrected chi connectivity index (χ1v) is 5.01. The summed E-state index contributed by atoms with van der Waals surface area (Å²) in [4.78, 5) is 13.4. The molecule has 1 heterocycles. The number of carbonyl (C=O) groups is 1. The molecule has 1 unspecified atom stereocenters. The number of likely N-dealkylation sites (tertiary alicyclic amines) is 1. The van der Waals surface area contributed by atoms with Crippen LogP contribution in [0.2, 0.25) is 0 Å². The molecule has 2 nitrogen and oxygen atoms in total. The van der Waals surface area contributed by atoms with Crippen molar-refractivity contribution in [1.82, 2.24) is 4.90 Å². The van der Waals surface area contributed by atoms with Gasteiger partial charge >= 0.3 is 0 Å². The molecule has 0 radical (unpaired) electrons. The van der Waals surface area contributed by atoms with Crippen LogP contribution in [0.5, 0.6) is 0 Å². The summed E-state index contributed by atoms with van der Waals surface area (Å²) in [5.41, 5.74) is 0. The van der Waals surface area contributed by atoms with Crippen molar-refractivity contribution in [3.8, 4) is 0 Å². The molecule has 2 heteroatoms. The minimum atomic E-state index is 0.323. The van der Waals surface area contributed by atoms with E-state index in [-0.39, 0.29) is 0 Å². The molecule has 1 aliphatic heterocycles. The number of hydrogen-bond acceptors (Lipinski definition) is 1. The van der Waals surface area contributed by atoms with Gasteiger partial charge in [-0.05, 0) is 25.2 Å². The Morgan fingerprint density at radius 1 is 1.42 bits per heavy atom. The third kappa shape index (κ3) is 2.50. The van der Waals surface area contributed by atoms with E-state index in [1.54, 1.807) is 0 Å². The molecule has 0 aromatic carbocycles. The van der Waals surface area contributed by atoms with Crippen LogP contribution in [-0.4, -0.2) is 23.9 Å². The van der Waals surface area contributed by atoms with E-state index in [2.05, 4.69) is 6.92 Å². The topological polar surface area (TPSA) is 20.3 Å². The van der Waals surface area contributed by atoms with Crippen LogP contribution in [0.15, 0.2) is 0 Å². The molecule has 0 bridgehead atoms. The van der Waals surface area contributed by atoms with E-state index in [1.807, 2.05) is 11.8 Å². The fourth-order valence-electron chi connectivity index (χ4n) is 1.74. The molecule has 0 N–H and O–H groups in total. The van der Waals surface area contributed by atoms with E-state index in [0.717, 1.165) is 19.0 Å². The van der Waals surface area contributed by atoms with Crippen molar-refractivity contribution in [2.45, 2.75) is 39.5 Å². The van der Waals surface area contributed by atoms with Crippen molar-refractivity contribution in [1.29, 1.82) is 0 Å². The SMILES string of the molecule is CCC(=O)N1CCCC(C)CC1. The first-order valence-electron chi connectivity index (χ1n) is 5.01. The molecule has 1 amide bonds. The molecule has 0 aliphatic carbocycles. The summed E-state index contributed by atoms with van der Waals surface area (Å²) in [6.07, 6.45) is 4.32. The Kier molecular flexibility index (Phi) is 3.57. The van der Waals surface area contributed by atoms with E-state index in [1.165, 1.54) is 19.3 Å². The largest absolute Gasteiger partial charge is 0.343 e. The Morgan fingerprint density at radius 2 is 2.17 bits per heavy atom. The highest BCUT2D eigenvalue weighted by Gasteiger charge is 2.16. The normalized spacial score (nSPS) is 25.2. The third-order valence-corrected chi connectivity index (χ3v) is 2.67. The fraction of sp³-hybridized carbons (Fsp3) is 0.900. The average molecular weight is 169 g/mol. The standard InChI is InChI=1S/C10H19NO/c1-3-10(12)11-7-4-5-9(2)6-8-11/h9H,3-8H2,1-2H3. The Morgan fingerprint density at radius 3 is 2.83 bits per heavy atom. The van der Waals surface area contributed by atoms with E-state index in [4.69, 9.17) is 0 Å². The Balaban J connectivity index is 2.40. The maximum absolute atomic E-state index is 11.4. The lowest BCUT2D eigenvalue weighted by atomic mass is 10.0. The Labute approximate surface area is 74.9 Å². The number of hydrogen-bond donors (Lipinski definition) is 0. The van der Waals surface area contributed by atoms with Gasteiger partial charge in [0.2, 0.25) is 5.91 Å². The van der Waals surface area contributed by atoms with E-state index < -0.39 is 0 Å². The first-order chi connectivity index (χ1) is 5.74. The minimum absolute atomic E-state index is 0.323. The van der Waals surface area contributed by atoms with Gasteiger partial charge in [0.05, 0.1) is 0 Å². The summed E-state index contributed by atoms with van der Waals surface area (Å²) in [6.45, 7) is 6.18.